The lowest BCUT2D eigenvalue weighted by Gasteiger charge is -2.40. The second kappa shape index (κ2) is 5.79. The normalized spacial score (nSPS) is 26.2. The molecule has 0 aliphatic heterocycles. The summed E-state index contributed by atoms with van der Waals surface area (Å²) in [6, 6.07) is 3.97. The predicted molar refractivity (Wildman–Crippen MR) is 74.4 cm³/mol. The van der Waals surface area contributed by atoms with Crippen LogP contribution in [0.25, 0.3) is 0 Å². The minimum absolute atomic E-state index is 0.0244. The van der Waals surface area contributed by atoms with Gasteiger partial charge in [0.25, 0.3) is 0 Å². The number of aliphatic hydroxyl groups excluding tert-OH is 1. The molecule has 4 nitrogen and oxygen atoms in total. The van der Waals surface area contributed by atoms with Gasteiger partial charge in [-0.1, -0.05) is 13.0 Å². The molecule has 0 heterocycles. The summed E-state index contributed by atoms with van der Waals surface area (Å²) in [4.78, 5) is 11.2. The fourth-order valence-corrected chi connectivity index (χ4v) is 2.73. The molecule has 3 N–H and O–H groups in total. The lowest BCUT2D eigenvalue weighted by Crippen LogP contribution is -2.45. The number of aromatic carboxylic acids is 1. The van der Waals surface area contributed by atoms with Crippen molar-refractivity contribution in [2.75, 3.05) is 11.9 Å². The molecular formula is C15H20FNO3. The maximum Gasteiger partial charge on any atom is 0.337 e. The Kier molecular flexibility index (Phi) is 4.28. The first kappa shape index (κ1) is 14.8. The van der Waals surface area contributed by atoms with Crippen LogP contribution in [0.5, 0.6) is 0 Å². The van der Waals surface area contributed by atoms with Crippen LogP contribution in [0.3, 0.4) is 0 Å². The Balaban J connectivity index is 2.30. The van der Waals surface area contributed by atoms with Crippen molar-refractivity contribution in [2.24, 2.45) is 5.92 Å². The largest absolute Gasteiger partial charge is 0.478 e. The monoisotopic (exact) mass is 281 g/mol. The van der Waals surface area contributed by atoms with Gasteiger partial charge in [0.1, 0.15) is 5.82 Å². The third kappa shape index (κ3) is 2.93. The molecular weight excluding hydrogens is 261 g/mol. The van der Waals surface area contributed by atoms with E-state index in [4.69, 9.17) is 5.11 Å². The molecule has 0 atom stereocenters. The molecule has 110 valence electrons. The predicted octanol–water partition coefficient (Wildman–Crippen LogP) is 2.88. The maximum absolute atomic E-state index is 13.9. The van der Waals surface area contributed by atoms with E-state index in [1.165, 1.54) is 18.2 Å². The number of anilines is 1. The first-order valence-electron chi connectivity index (χ1n) is 6.88. The SMILES string of the molecule is CC1CCC(CO)(Nc2c(F)cccc2C(=O)O)CC1. The fraction of sp³-hybridized carbons (Fsp3) is 0.533. The fourth-order valence-electron chi connectivity index (χ4n) is 2.73. The van der Waals surface area contributed by atoms with Crippen molar-refractivity contribution >= 4 is 11.7 Å². The van der Waals surface area contributed by atoms with Crippen molar-refractivity contribution in [3.8, 4) is 0 Å². The number of rotatable bonds is 4. The number of carboxylic acid groups (broad SMARTS) is 1. The zero-order valence-corrected chi connectivity index (χ0v) is 11.5. The van der Waals surface area contributed by atoms with E-state index in [0.717, 1.165) is 12.8 Å². The van der Waals surface area contributed by atoms with E-state index in [0.29, 0.717) is 18.8 Å². The van der Waals surface area contributed by atoms with Crippen molar-refractivity contribution in [3.63, 3.8) is 0 Å². The van der Waals surface area contributed by atoms with Gasteiger partial charge in [-0.3, -0.25) is 0 Å². The van der Waals surface area contributed by atoms with Crippen molar-refractivity contribution in [1.29, 1.82) is 0 Å². The molecule has 0 unspecified atom stereocenters. The molecule has 1 aromatic rings. The molecule has 1 saturated carbocycles. The molecule has 2 rings (SSSR count). The highest BCUT2D eigenvalue weighted by atomic mass is 19.1. The van der Waals surface area contributed by atoms with Crippen molar-refractivity contribution in [2.45, 2.75) is 38.1 Å². The molecule has 1 aliphatic carbocycles. The van der Waals surface area contributed by atoms with E-state index >= 15 is 0 Å². The van der Waals surface area contributed by atoms with Gasteiger partial charge in [0.05, 0.1) is 23.4 Å². The highest BCUT2D eigenvalue weighted by molar-refractivity contribution is 5.94. The summed E-state index contributed by atoms with van der Waals surface area (Å²) in [5, 5.41) is 21.8. The lowest BCUT2D eigenvalue weighted by atomic mass is 9.77. The summed E-state index contributed by atoms with van der Waals surface area (Å²) in [6.07, 6.45) is 3.28. The quantitative estimate of drug-likeness (QED) is 0.793. The molecule has 0 saturated heterocycles. The van der Waals surface area contributed by atoms with Crippen LogP contribution in [-0.4, -0.2) is 28.3 Å². The van der Waals surface area contributed by atoms with Crippen LogP contribution < -0.4 is 5.32 Å². The first-order chi connectivity index (χ1) is 9.47. The number of halogens is 1. The second-order valence-electron chi connectivity index (χ2n) is 5.71. The molecule has 1 aromatic carbocycles. The standard InChI is InChI=1S/C15H20FNO3/c1-10-5-7-15(9-18,8-6-10)17-13-11(14(19)20)3-2-4-12(13)16/h2-4,10,17-18H,5-9H2,1H3,(H,19,20). The van der Waals surface area contributed by atoms with E-state index in [1.807, 2.05) is 0 Å². The van der Waals surface area contributed by atoms with Crippen LogP contribution in [0.4, 0.5) is 10.1 Å². The van der Waals surface area contributed by atoms with Crippen LogP contribution >= 0.6 is 0 Å². The van der Waals surface area contributed by atoms with Gasteiger partial charge in [-0.15, -0.1) is 0 Å². The lowest BCUT2D eigenvalue weighted by molar-refractivity contribution is 0.0696. The molecule has 1 aliphatic rings. The van der Waals surface area contributed by atoms with Gasteiger partial charge in [0, 0.05) is 0 Å². The third-order valence-electron chi connectivity index (χ3n) is 4.17. The number of nitrogens with one attached hydrogen (secondary N) is 1. The van der Waals surface area contributed by atoms with Crippen molar-refractivity contribution < 1.29 is 19.4 Å². The van der Waals surface area contributed by atoms with Gasteiger partial charge in [0.2, 0.25) is 0 Å². The number of para-hydroxylation sites is 1. The summed E-state index contributed by atoms with van der Waals surface area (Å²) >= 11 is 0. The summed E-state index contributed by atoms with van der Waals surface area (Å²) in [7, 11) is 0. The zero-order chi connectivity index (χ0) is 14.8. The molecule has 5 heteroatoms. The second-order valence-corrected chi connectivity index (χ2v) is 5.71. The summed E-state index contributed by atoms with van der Waals surface area (Å²) in [5.74, 6) is -1.20. The van der Waals surface area contributed by atoms with Crippen molar-refractivity contribution in [3.05, 3.63) is 29.6 Å². The van der Waals surface area contributed by atoms with Crippen LogP contribution in [0, 0.1) is 11.7 Å². The highest BCUT2D eigenvalue weighted by Crippen LogP contribution is 2.35. The molecule has 0 aromatic heterocycles. The maximum atomic E-state index is 13.9. The smallest absolute Gasteiger partial charge is 0.337 e. The highest BCUT2D eigenvalue weighted by Gasteiger charge is 2.35. The average Bonchev–Trinajstić information content (AvgIpc) is 2.43. The van der Waals surface area contributed by atoms with Crippen LogP contribution in [0.15, 0.2) is 18.2 Å². The Hall–Kier alpha value is -1.62. The molecule has 20 heavy (non-hydrogen) atoms. The Labute approximate surface area is 117 Å². The average molecular weight is 281 g/mol. The van der Waals surface area contributed by atoms with E-state index in [-0.39, 0.29) is 17.9 Å². The minimum Gasteiger partial charge on any atom is -0.478 e. The van der Waals surface area contributed by atoms with Gasteiger partial charge in [-0.2, -0.15) is 0 Å². The Morgan fingerprint density at radius 3 is 2.65 bits per heavy atom. The third-order valence-corrected chi connectivity index (χ3v) is 4.17. The molecule has 0 radical (unpaired) electrons. The molecule has 0 spiro atoms. The molecule has 1 fully saturated rings. The number of carbonyl (C=O) groups is 1. The van der Waals surface area contributed by atoms with Crippen LogP contribution in [-0.2, 0) is 0 Å². The Morgan fingerprint density at radius 1 is 1.45 bits per heavy atom. The summed E-state index contributed by atoms with van der Waals surface area (Å²) in [6.45, 7) is 2.01. The van der Waals surface area contributed by atoms with Crippen LogP contribution in [0.1, 0.15) is 43.0 Å². The number of carboxylic acids is 1. The topological polar surface area (TPSA) is 69.6 Å². The van der Waals surface area contributed by atoms with E-state index in [1.54, 1.807) is 0 Å². The summed E-state index contributed by atoms with van der Waals surface area (Å²) in [5.41, 5.74) is -0.751. The van der Waals surface area contributed by atoms with Gasteiger partial charge in [0.15, 0.2) is 0 Å². The molecule has 0 amide bonds. The van der Waals surface area contributed by atoms with Gasteiger partial charge < -0.3 is 15.5 Å². The van der Waals surface area contributed by atoms with Gasteiger partial charge in [-0.05, 0) is 43.7 Å². The molecule has 0 bridgehead atoms. The van der Waals surface area contributed by atoms with Crippen LogP contribution in [0.2, 0.25) is 0 Å². The van der Waals surface area contributed by atoms with E-state index < -0.39 is 17.3 Å². The van der Waals surface area contributed by atoms with Crippen molar-refractivity contribution in [1.82, 2.24) is 0 Å². The number of benzene rings is 1. The van der Waals surface area contributed by atoms with E-state index in [2.05, 4.69) is 12.2 Å². The van der Waals surface area contributed by atoms with Gasteiger partial charge >= 0.3 is 5.97 Å². The number of aliphatic hydroxyl groups is 1. The Morgan fingerprint density at radius 2 is 2.10 bits per heavy atom. The zero-order valence-electron chi connectivity index (χ0n) is 11.5. The summed E-state index contributed by atoms with van der Waals surface area (Å²) < 4.78 is 13.9. The number of hydrogen-bond acceptors (Lipinski definition) is 3. The Bertz CT molecular complexity index is 496. The minimum atomic E-state index is -1.18. The van der Waals surface area contributed by atoms with E-state index in [9.17, 15) is 14.3 Å². The number of hydrogen-bond donors (Lipinski definition) is 3. The first-order valence-corrected chi connectivity index (χ1v) is 6.88. The van der Waals surface area contributed by atoms with Gasteiger partial charge in [-0.25, -0.2) is 9.18 Å².